The van der Waals surface area contributed by atoms with Crippen LogP contribution >= 0.6 is 0 Å². The molecule has 0 spiro atoms. The summed E-state index contributed by atoms with van der Waals surface area (Å²) in [5, 5.41) is 14.3. The Bertz CT molecular complexity index is 329. The van der Waals surface area contributed by atoms with E-state index >= 15 is 0 Å². The Labute approximate surface area is 101 Å². The zero-order valence-electron chi connectivity index (χ0n) is 9.79. The van der Waals surface area contributed by atoms with E-state index in [4.69, 9.17) is 11.5 Å². The summed E-state index contributed by atoms with van der Waals surface area (Å²) in [6, 6.07) is -0.324. The van der Waals surface area contributed by atoms with Gasteiger partial charge in [0.25, 0.3) is 0 Å². The average molecular weight is 238 g/mol. The molecule has 0 saturated heterocycles. The number of aliphatic carboxylic acids is 1. The summed E-state index contributed by atoms with van der Waals surface area (Å²) in [7, 11) is 0. The van der Waals surface area contributed by atoms with E-state index in [9.17, 15) is 9.59 Å². The van der Waals surface area contributed by atoms with Crippen LogP contribution in [0.5, 0.6) is 0 Å². The van der Waals surface area contributed by atoms with Crippen LogP contribution in [0.1, 0.15) is 32.1 Å². The molecule has 0 bridgehead atoms. The third-order valence-electron chi connectivity index (χ3n) is 3.14. The molecular formula is C12H18N2O3. The number of carbonyl (C=O) groups excluding carboxylic acids is 1. The van der Waals surface area contributed by atoms with Gasteiger partial charge in [0, 0.05) is 19.5 Å². The number of carbonyl (C=O) groups is 2. The normalized spacial score (nSPS) is 16.4. The second-order valence-electron chi connectivity index (χ2n) is 4.36. The molecule has 17 heavy (non-hydrogen) atoms. The molecule has 0 unspecified atom stereocenters. The van der Waals surface area contributed by atoms with Crippen molar-refractivity contribution in [2.75, 3.05) is 13.1 Å². The van der Waals surface area contributed by atoms with Crippen molar-refractivity contribution in [3.8, 4) is 12.3 Å². The maximum absolute atomic E-state index is 11.3. The number of amides is 2. The fourth-order valence-electron chi connectivity index (χ4n) is 1.77. The lowest BCUT2D eigenvalue weighted by atomic mass is 9.69. The molecule has 0 atom stereocenters. The summed E-state index contributed by atoms with van der Waals surface area (Å²) in [6.45, 7) is 0.708. The number of rotatable bonds is 6. The number of carboxylic acids is 1. The minimum atomic E-state index is -0.823. The second-order valence-corrected chi connectivity index (χ2v) is 4.36. The van der Waals surface area contributed by atoms with Crippen molar-refractivity contribution >= 4 is 12.0 Å². The summed E-state index contributed by atoms with van der Waals surface area (Å²) in [4.78, 5) is 22.4. The third-order valence-corrected chi connectivity index (χ3v) is 3.14. The van der Waals surface area contributed by atoms with Gasteiger partial charge in [0.1, 0.15) is 0 Å². The smallest absolute Gasteiger partial charge is 0.314 e. The molecule has 0 heterocycles. The van der Waals surface area contributed by atoms with Gasteiger partial charge in [-0.25, -0.2) is 4.79 Å². The van der Waals surface area contributed by atoms with Gasteiger partial charge in [0.05, 0.1) is 5.41 Å². The number of nitrogens with one attached hydrogen (secondary N) is 2. The van der Waals surface area contributed by atoms with Gasteiger partial charge < -0.3 is 15.7 Å². The van der Waals surface area contributed by atoms with Crippen LogP contribution in [0.15, 0.2) is 0 Å². The lowest BCUT2D eigenvalue weighted by Gasteiger charge is -2.37. The predicted molar refractivity (Wildman–Crippen MR) is 63.4 cm³/mol. The average Bonchev–Trinajstić information content (AvgIpc) is 2.22. The van der Waals surface area contributed by atoms with E-state index < -0.39 is 11.4 Å². The molecule has 1 fully saturated rings. The van der Waals surface area contributed by atoms with Gasteiger partial charge in [0.2, 0.25) is 0 Å². The quantitative estimate of drug-likeness (QED) is 0.476. The monoisotopic (exact) mass is 238 g/mol. The van der Waals surface area contributed by atoms with Gasteiger partial charge in [-0.1, -0.05) is 6.42 Å². The largest absolute Gasteiger partial charge is 0.481 e. The lowest BCUT2D eigenvalue weighted by Crippen LogP contribution is -2.49. The number of terminal acetylenes is 1. The SMILES string of the molecule is C#CCCCNC(=O)NCC1(C(=O)O)CCC1. The van der Waals surface area contributed by atoms with Crippen LogP contribution in [0, 0.1) is 17.8 Å². The number of hydrogen-bond donors (Lipinski definition) is 3. The van der Waals surface area contributed by atoms with E-state index in [1.165, 1.54) is 0 Å². The van der Waals surface area contributed by atoms with Gasteiger partial charge in [-0.05, 0) is 19.3 Å². The number of hydrogen-bond acceptors (Lipinski definition) is 2. The molecule has 0 aromatic heterocycles. The molecule has 1 aliphatic carbocycles. The number of unbranched alkanes of at least 4 members (excludes halogenated alkanes) is 1. The first-order valence-corrected chi connectivity index (χ1v) is 5.79. The van der Waals surface area contributed by atoms with Crippen LogP contribution < -0.4 is 10.6 Å². The molecular weight excluding hydrogens is 220 g/mol. The Morgan fingerprint density at radius 3 is 2.53 bits per heavy atom. The highest BCUT2D eigenvalue weighted by Gasteiger charge is 2.44. The summed E-state index contributed by atoms with van der Waals surface area (Å²) in [5.41, 5.74) is -0.740. The first-order valence-electron chi connectivity index (χ1n) is 5.79. The predicted octanol–water partition coefficient (Wildman–Crippen LogP) is 0.954. The van der Waals surface area contributed by atoms with E-state index in [-0.39, 0.29) is 12.6 Å². The third kappa shape index (κ3) is 3.66. The Morgan fingerprint density at radius 2 is 2.06 bits per heavy atom. The van der Waals surface area contributed by atoms with Crippen LogP contribution in [0.4, 0.5) is 4.79 Å². The zero-order chi connectivity index (χ0) is 12.7. The van der Waals surface area contributed by atoms with Gasteiger partial charge in [-0.3, -0.25) is 4.79 Å². The van der Waals surface area contributed by atoms with Crippen molar-refractivity contribution in [2.24, 2.45) is 5.41 Å². The fourth-order valence-corrected chi connectivity index (χ4v) is 1.77. The number of urea groups is 1. The molecule has 0 radical (unpaired) electrons. The summed E-state index contributed by atoms with van der Waals surface area (Å²) < 4.78 is 0. The van der Waals surface area contributed by atoms with Crippen molar-refractivity contribution in [1.82, 2.24) is 10.6 Å². The molecule has 1 aliphatic rings. The maximum atomic E-state index is 11.3. The molecule has 3 N–H and O–H groups in total. The number of carboxylic acid groups (broad SMARTS) is 1. The molecule has 2 amide bonds. The van der Waals surface area contributed by atoms with Crippen LogP contribution in [-0.4, -0.2) is 30.2 Å². The van der Waals surface area contributed by atoms with Crippen LogP contribution in [-0.2, 0) is 4.79 Å². The Morgan fingerprint density at radius 1 is 1.35 bits per heavy atom. The fraction of sp³-hybridized carbons (Fsp3) is 0.667. The first kappa shape index (κ1) is 13.4. The second kappa shape index (κ2) is 6.14. The topological polar surface area (TPSA) is 78.4 Å². The van der Waals surface area contributed by atoms with Crippen LogP contribution in [0.2, 0.25) is 0 Å². The van der Waals surface area contributed by atoms with Gasteiger partial charge in [-0.15, -0.1) is 12.3 Å². The standard InChI is InChI=1S/C12H18N2O3/c1-2-3-4-8-13-11(17)14-9-12(10(15)16)6-5-7-12/h1H,3-9H2,(H,15,16)(H2,13,14,17). The van der Waals surface area contributed by atoms with Crippen molar-refractivity contribution in [3.63, 3.8) is 0 Å². The highest BCUT2D eigenvalue weighted by atomic mass is 16.4. The van der Waals surface area contributed by atoms with Crippen molar-refractivity contribution in [3.05, 3.63) is 0 Å². The van der Waals surface area contributed by atoms with Crippen molar-refractivity contribution in [1.29, 1.82) is 0 Å². The van der Waals surface area contributed by atoms with Crippen LogP contribution in [0.25, 0.3) is 0 Å². The van der Waals surface area contributed by atoms with Gasteiger partial charge in [0.15, 0.2) is 0 Å². The molecule has 1 saturated carbocycles. The highest BCUT2D eigenvalue weighted by molar-refractivity contribution is 5.78. The van der Waals surface area contributed by atoms with Crippen molar-refractivity contribution < 1.29 is 14.7 Å². The zero-order valence-corrected chi connectivity index (χ0v) is 9.79. The molecule has 94 valence electrons. The first-order chi connectivity index (χ1) is 8.10. The van der Waals surface area contributed by atoms with Crippen LogP contribution in [0.3, 0.4) is 0 Å². The van der Waals surface area contributed by atoms with E-state index in [1.54, 1.807) is 0 Å². The minimum Gasteiger partial charge on any atom is -0.481 e. The molecule has 0 aromatic carbocycles. The Balaban J connectivity index is 2.19. The summed E-state index contributed by atoms with van der Waals surface area (Å²) in [5.74, 6) is 1.66. The molecule has 0 aromatic rings. The van der Waals surface area contributed by atoms with E-state index in [2.05, 4.69) is 16.6 Å². The van der Waals surface area contributed by atoms with E-state index in [0.29, 0.717) is 25.8 Å². The summed E-state index contributed by atoms with van der Waals surface area (Å²) >= 11 is 0. The lowest BCUT2D eigenvalue weighted by molar-refractivity contribution is -0.153. The molecule has 1 rings (SSSR count). The minimum absolute atomic E-state index is 0.198. The van der Waals surface area contributed by atoms with E-state index in [0.717, 1.165) is 12.8 Å². The van der Waals surface area contributed by atoms with E-state index in [1.807, 2.05) is 0 Å². The molecule has 0 aliphatic heterocycles. The molecule has 5 heteroatoms. The Hall–Kier alpha value is -1.70. The molecule has 5 nitrogen and oxygen atoms in total. The van der Waals surface area contributed by atoms with Crippen molar-refractivity contribution in [2.45, 2.75) is 32.1 Å². The van der Waals surface area contributed by atoms with Gasteiger partial charge in [-0.2, -0.15) is 0 Å². The van der Waals surface area contributed by atoms with Gasteiger partial charge >= 0.3 is 12.0 Å². The maximum Gasteiger partial charge on any atom is 0.314 e. The Kier molecular flexibility index (Phi) is 4.83. The highest BCUT2D eigenvalue weighted by Crippen LogP contribution is 2.40. The summed E-state index contributed by atoms with van der Waals surface area (Å²) in [6.07, 6.45) is 8.62.